The van der Waals surface area contributed by atoms with Gasteiger partial charge in [0, 0.05) is 26.2 Å². The Morgan fingerprint density at radius 1 is 1.62 bits per heavy atom. The highest BCUT2D eigenvalue weighted by Gasteiger charge is 2.26. The molecule has 1 aromatic rings. The van der Waals surface area contributed by atoms with Crippen molar-refractivity contribution in [3.63, 3.8) is 0 Å². The molecule has 72 valence electrons. The Balaban J connectivity index is 1.91. The Bertz CT molecular complexity index is 279. The smallest absolute Gasteiger partial charge is 0.0967 e. The first-order valence-electron chi connectivity index (χ1n) is 4.89. The summed E-state index contributed by atoms with van der Waals surface area (Å²) >= 11 is 0. The maximum absolute atomic E-state index is 4.27. The topological polar surface area (TPSA) is 34.0 Å². The quantitative estimate of drug-likeness (QED) is 0.690. The minimum atomic E-state index is 0.780. The number of aromatic nitrogens is 3. The molecule has 2 rings (SSSR count). The van der Waals surface area contributed by atoms with Crippen LogP contribution in [0.3, 0.4) is 0 Å². The van der Waals surface area contributed by atoms with Gasteiger partial charge < -0.3 is 0 Å². The molecule has 0 aromatic carbocycles. The third kappa shape index (κ3) is 1.72. The molecule has 0 bridgehead atoms. The lowest BCUT2D eigenvalue weighted by atomic mass is 10.0. The van der Waals surface area contributed by atoms with Crippen LogP contribution in [0, 0.1) is 0 Å². The third-order valence-electron chi connectivity index (χ3n) is 2.75. The molecular weight excluding hydrogens is 164 g/mol. The van der Waals surface area contributed by atoms with E-state index in [1.165, 1.54) is 19.4 Å². The first-order chi connectivity index (χ1) is 6.29. The Labute approximate surface area is 78.5 Å². The second-order valence-corrected chi connectivity index (χ2v) is 3.65. The normalized spacial score (nSPS) is 23.1. The highest BCUT2D eigenvalue weighted by Crippen LogP contribution is 2.21. The van der Waals surface area contributed by atoms with Crippen LogP contribution in [0.25, 0.3) is 0 Å². The van der Waals surface area contributed by atoms with E-state index in [2.05, 4.69) is 22.0 Å². The van der Waals surface area contributed by atoms with Crippen molar-refractivity contribution in [3.8, 4) is 0 Å². The molecule has 1 atom stereocenters. The zero-order valence-electron chi connectivity index (χ0n) is 8.27. The highest BCUT2D eigenvalue weighted by molar-refractivity contribution is 4.94. The van der Waals surface area contributed by atoms with Crippen molar-refractivity contribution >= 4 is 0 Å². The van der Waals surface area contributed by atoms with Crippen molar-refractivity contribution < 1.29 is 0 Å². The zero-order valence-corrected chi connectivity index (χ0v) is 8.27. The number of aryl methyl sites for hydroxylation is 1. The van der Waals surface area contributed by atoms with Crippen molar-refractivity contribution in [2.75, 3.05) is 6.54 Å². The lowest BCUT2D eigenvalue weighted by molar-refractivity contribution is 0.0775. The summed E-state index contributed by atoms with van der Waals surface area (Å²) < 4.78 is 0. The van der Waals surface area contributed by atoms with Gasteiger partial charge >= 0.3 is 0 Å². The van der Waals surface area contributed by atoms with E-state index in [1.54, 1.807) is 4.80 Å². The number of hydrogen-bond acceptors (Lipinski definition) is 3. The SMILES string of the molecule is CCC1CCN1Cc1cnn(C)n1. The number of rotatable bonds is 3. The van der Waals surface area contributed by atoms with Crippen LogP contribution in [0.1, 0.15) is 25.5 Å². The van der Waals surface area contributed by atoms with E-state index < -0.39 is 0 Å². The molecule has 0 N–H and O–H groups in total. The average molecular weight is 180 g/mol. The fourth-order valence-corrected chi connectivity index (χ4v) is 1.83. The second kappa shape index (κ2) is 3.46. The summed E-state index contributed by atoms with van der Waals surface area (Å²) in [6, 6.07) is 0.780. The highest BCUT2D eigenvalue weighted by atomic mass is 15.5. The number of nitrogens with zero attached hydrogens (tertiary/aromatic N) is 4. The first kappa shape index (κ1) is 8.69. The number of likely N-dealkylation sites (tertiary alicyclic amines) is 1. The third-order valence-corrected chi connectivity index (χ3v) is 2.75. The van der Waals surface area contributed by atoms with Gasteiger partial charge in [0.1, 0.15) is 0 Å². The van der Waals surface area contributed by atoms with E-state index in [-0.39, 0.29) is 0 Å². The zero-order chi connectivity index (χ0) is 9.26. The molecule has 1 aromatic heterocycles. The van der Waals surface area contributed by atoms with Crippen molar-refractivity contribution in [2.24, 2.45) is 7.05 Å². The maximum atomic E-state index is 4.27. The van der Waals surface area contributed by atoms with Crippen molar-refractivity contribution in [3.05, 3.63) is 11.9 Å². The van der Waals surface area contributed by atoms with E-state index >= 15 is 0 Å². The molecule has 13 heavy (non-hydrogen) atoms. The fourth-order valence-electron chi connectivity index (χ4n) is 1.83. The summed E-state index contributed by atoms with van der Waals surface area (Å²) in [5.41, 5.74) is 1.08. The van der Waals surface area contributed by atoms with Gasteiger partial charge in [-0.1, -0.05) is 6.92 Å². The van der Waals surface area contributed by atoms with Gasteiger partial charge in [-0.15, -0.1) is 0 Å². The molecule has 1 fully saturated rings. The van der Waals surface area contributed by atoms with Crippen LogP contribution in [-0.2, 0) is 13.6 Å². The summed E-state index contributed by atoms with van der Waals surface area (Å²) in [4.78, 5) is 4.08. The van der Waals surface area contributed by atoms with Crippen molar-refractivity contribution in [1.29, 1.82) is 0 Å². The molecule has 1 aliphatic rings. The Kier molecular flexibility index (Phi) is 2.31. The Morgan fingerprint density at radius 2 is 2.46 bits per heavy atom. The van der Waals surface area contributed by atoms with Crippen LogP contribution >= 0.6 is 0 Å². The van der Waals surface area contributed by atoms with Crippen molar-refractivity contribution in [2.45, 2.75) is 32.4 Å². The molecule has 0 saturated carbocycles. The van der Waals surface area contributed by atoms with E-state index in [0.29, 0.717) is 0 Å². The van der Waals surface area contributed by atoms with Crippen LogP contribution in [0.5, 0.6) is 0 Å². The van der Waals surface area contributed by atoms with Gasteiger partial charge in [-0.2, -0.15) is 15.0 Å². The maximum Gasteiger partial charge on any atom is 0.0967 e. The molecule has 2 heterocycles. The van der Waals surface area contributed by atoms with Crippen LogP contribution in [0.2, 0.25) is 0 Å². The van der Waals surface area contributed by atoms with Gasteiger partial charge in [-0.25, -0.2) is 0 Å². The predicted molar refractivity (Wildman–Crippen MR) is 50.1 cm³/mol. The summed E-state index contributed by atoms with van der Waals surface area (Å²) in [5, 5.41) is 8.32. The lowest BCUT2D eigenvalue weighted by Crippen LogP contribution is -2.46. The van der Waals surface area contributed by atoms with Crippen LogP contribution in [0.4, 0.5) is 0 Å². The molecule has 4 nitrogen and oxygen atoms in total. The standard InChI is InChI=1S/C9H16N4/c1-3-9-4-5-13(9)7-8-6-10-12(2)11-8/h6,9H,3-5,7H2,1-2H3. The van der Waals surface area contributed by atoms with Gasteiger partial charge in [-0.3, -0.25) is 4.90 Å². The van der Waals surface area contributed by atoms with E-state index in [0.717, 1.165) is 18.3 Å². The molecule has 0 spiro atoms. The second-order valence-electron chi connectivity index (χ2n) is 3.65. The summed E-state index contributed by atoms with van der Waals surface area (Å²) in [7, 11) is 1.86. The van der Waals surface area contributed by atoms with Gasteiger partial charge in [0.2, 0.25) is 0 Å². The first-order valence-corrected chi connectivity index (χ1v) is 4.89. The van der Waals surface area contributed by atoms with E-state index in [1.807, 2.05) is 13.2 Å². The molecule has 1 saturated heterocycles. The molecular formula is C9H16N4. The molecule has 0 amide bonds. The fraction of sp³-hybridized carbons (Fsp3) is 0.778. The number of hydrogen-bond donors (Lipinski definition) is 0. The van der Waals surface area contributed by atoms with Crippen molar-refractivity contribution in [1.82, 2.24) is 19.9 Å². The van der Waals surface area contributed by atoms with Crippen LogP contribution in [0.15, 0.2) is 6.20 Å². The van der Waals surface area contributed by atoms with Gasteiger partial charge in [0.15, 0.2) is 0 Å². The van der Waals surface area contributed by atoms with Gasteiger partial charge in [-0.05, 0) is 12.8 Å². The largest absolute Gasteiger partial charge is 0.294 e. The molecule has 4 heteroatoms. The van der Waals surface area contributed by atoms with E-state index in [4.69, 9.17) is 0 Å². The van der Waals surface area contributed by atoms with Crippen LogP contribution in [-0.4, -0.2) is 32.5 Å². The minimum absolute atomic E-state index is 0.780. The predicted octanol–water partition coefficient (Wildman–Crippen LogP) is 0.799. The molecule has 1 unspecified atom stereocenters. The minimum Gasteiger partial charge on any atom is -0.294 e. The summed E-state index contributed by atoms with van der Waals surface area (Å²) in [5.74, 6) is 0. The van der Waals surface area contributed by atoms with Gasteiger partial charge in [0.05, 0.1) is 11.9 Å². The average Bonchev–Trinajstić information content (AvgIpc) is 2.46. The monoisotopic (exact) mass is 180 g/mol. The summed E-state index contributed by atoms with van der Waals surface area (Å²) in [6.07, 6.45) is 4.45. The summed E-state index contributed by atoms with van der Waals surface area (Å²) in [6.45, 7) is 4.43. The molecule has 0 radical (unpaired) electrons. The molecule has 1 aliphatic heterocycles. The van der Waals surface area contributed by atoms with Crippen LogP contribution < -0.4 is 0 Å². The Morgan fingerprint density at radius 3 is 2.92 bits per heavy atom. The molecule has 0 aliphatic carbocycles. The van der Waals surface area contributed by atoms with Gasteiger partial charge in [0.25, 0.3) is 0 Å². The lowest BCUT2D eigenvalue weighted by Gasteiger charge is -2.39. The Hall–Kier alpha value is -0.900. The van der Waals surface area contributed by atoms with E-state index in [9.17, 15) is 0 Å².